The number of nitrogens with one attached hydrogen (secondary N) is 1. The summed E-state index contributed by atoms with van der Waals surface area (Å²) in [5, 5.41) is 0.477. The van der Waals surface area contributed by atoms with Gasteiger partial charge in [-0.05, 0) is 50.1 Å². The molecular formula is C18H20FN3O2S2. The molecule has 3 rings (SSSR count). The van der Waals surface area contributed by atoms with E-state index in [1.165, 1.54) is 36.0 Å². The van der Waals surface area contributed by atoms with Crippen LogP contribution in [0.25, 0.3) is 0 Å². The molecule has 0 saturated heterocycles. The van der Waals surface area contributed by atoms with Crippen LogP contribution in [-0.4, -0.2) is 19.3 Å². The summed E-state index contributed by atoms with van der Waals surface area (Å²) in [5.74, 6) is 0.156. The molecule has 0 aliphatic carbocycles. The number of hydrogen-bond donors (Lipinski definition) is 2. The van der Waals surface area contributed by atoms with Crippen molar-refractivity contribution in [2.75, 3.05) is 10.5 Å². The van der Waals surface area contributed by atoms with Gasteiger partial charge < -0.3 is 5.73 Å². The number of hydrogen-bond acceptors (Lipinski definition) is 5. The fourth-order valence-corrected chi connectivity index (χ4v) is 4.79. The minimum absolute atomic E-state index is 0.0791. The monoisotopic (exact) mass is 393 g/mol. The molecule has 0 fully saturated rings. The number of anilines is 1. The molecule has 5 nitrogen and oxygen atoms in total. The van der Waals surface area contributed by atoms with Crippen LogP contribution in [0.5, 0.6) is 0 Å². The van der Waals surface area contributed by atoms with Crippen LogP contribution in [0.2, 0.25) is 0 Å². The summed E-state index contributed by atoms with van der Waals surface area (Å²) in [6, 6.07) is 10.7. The Kier molecular flexibility index (Phi) is 4.98. The zero-order valence-electron chi connectivity index (χ0n) is 14.5. The lowest BCUT2D eigenvalue weighted by Crippen LogP contribution is -2.29. The Balaban J connectivity index is 1.96. The molecule has 8 heteroatoms. The molecule has 0 aromatic heterocycles. The zero-order valence-corrected chi connectivity index (χ0v) is 16.1. The van der Waals surface area contributed by atoms with E-state index >= 15 is 0 Å². The molecule has 0 saturated carbocycles. The first-order valence-corrected chi connectivity index (χ1v) is 10.5. The fourth-order valence-electron chi connectivity index (χ4n) is 2.75. The number of rotatable bonds is 4. The maximum absolute atomic E-state index is 14.3. The maximum atomic E-state index is 14.3. The first-order valence-electron chi connectivity index (χ1n) is 8.07. The van der Waals surface area contributed by atoms with E-state index in [0.717, 1.165) is 17.7 Å². The summed E-state index contributed by atoms with van der Waals surface area (Å²) in [5.41, 5.74) is 6.78. The normalized spacial score (nSPS) is 20.5. The Morgan fingerprint density at radius 3 is 2.58 bits per heavy atom. The van der Waals surface area contributed by atoms with Gasteiger partial charge in [0.15, 0.2) is 5.17 Å². The van der Waals surface area contributed by atoms with Gasteiger partial charge in [0.05, 0.1) is 16.1 Å². The molecule has 1 aliphatic heterocycles. The molecule has 1 heterocycles. The largest absolute Gasteiger partial charge is 0.379 e. The van der Waals surface area contributed by atoms with Gasteiger partial charge in [0.25, 0.3) is 10.0 Å². The average Bonchev–Trinajstić information content (AvgIpc) is 2.57. The fraction of sp³-hybridized carbons (Fsp3) is 0.278. The van der Waals surface area contributed by atoms with E-state index in [2.05, 4.69) is 9.71 Å². The van der Waals surface area contributed by atoms with Gasteiger partial charge in [0.2, 0.25) is 0 Å². The summed E-state index contributed by atoms with van der Waals surface area (Å²) >= 11 is 1.47. The highest BCUT2D eigenvalue weighted by molar-refractivity contribution is 8.13. The van der Waals surface area contributed by atoms with Crippen molar-refractivity contribution >= 4 is 32.6 Å². The topological polar surface area (TPSA) is 84.5 Å². The van der Waals surface area contributed by atoms with Crippen molar-refractivity contribution in [3.05, 3.63) is 59.4 Å². The minimum atomic E-state index is -3.89. The van der Waals surface area contributed by atoms with Crippen molar-refractivity contribution in [3.63, 3.8) is 0 Å². The lowest BCUT2D eigenvalue weighted by atomic mass is 9.89. The number of nitrogens with zero attached hydrogens (tertiary/aromatic N) is 1. The summed E-state index contributed by atoms with van der Waals surface area (Å²) in [6.07, 6.45) is 0.730. The van der Waals surface area contributed by atoms with Crippen LogP contribution >= 0.6 is 11.8 Å². The second-order valence-corrected chi connectivity index (χ2v) is 9.23. The third-order valence-corrected chi connectivity index (χ3v) is 6.54. The second-order valence-electron chi connectivity index (χ2n) is 6.44. The molecule has 3 N–H and O–H groups in total. The van der Waals surface area contributed by atoms with E-state index in [4.69, 9.17) is 5.73 Å². The lowest BCUT2D eigenvalue weighted by molar-refractivity contribution is 0.481. The zero-order chi connectivity index (χ0) is 18.9. The molecule has 1 atom stereocenters. The molecule has 0 amide bonds. The van der Waals surface area contributed by atoms with Crippen molar-refractivity contribution in [2.24, 2.45) is 10.7 Å². The highest BCUT2D eigenvalue weighted by atomic mass is 32.2. The number of amidine groups is 1. The Morgan fingerprint density at radius 2 is 1.92 bits per heavy atom. The summed E-state index contributed by atoms with van der Waals surface area (Å²) in [6.45, 7) is 3.77. The highest BCUT2D eigenvalue weighted by Gasteiger charge is 2.30. The quantitative estimate of drug-likeness (QED) is 0.831. The first kappa shape index (κ1) is 18.7. The third kappa shape index (κ3) is 3.86. The molecule has 0 bridgehead atoms. The molecule has 1 unspecified atom stereocenters. The smallest absolute Gasteiger partial charge is 0.261 e. The maximum Gasteiger partial charge on any atom is 0.261 e. The predicted molar refractivity (Wildman–Crippen MR) is 104 cm³/mol. The molecular weight excluding hydrogens is 373 g/mol. The van der Waals surface area contributed by atoms with Crippen LogP contribution < -0.4 is 10.5 Å². The Labute approximate surface area is 157 Å². The van der Waals surface area contributed by atoms with Crippen LogP contribution in [-0.2, 0) is 15.6 Å². The van der Waals surface area contributed by atoms with Crippen molar-refractivity contribution in [3.8, 4) is 0 Å². The molecule has 0 spiro atoms. The van der Waals surface area contributed by atoms with Gasteiger partial charge in [0.1, 0.15) is 5.82 Å². The Morgan fingerprint density at radius 1 is 1.23 bits per heavy atom. The average molecular weight is 394 g/mol. The van der Waals surface area contributed by atoms with Crippen LogP contribution in [0.3, 0.4) is 0 Å². The van der Waals surface area contributed by atoms with Gasteiger partial charge >= 0.3 is 0 Å². The summed E-state index contributed by atoms with van der Waals surface area (Å²) < 4.78 is 41.7. The third-order valence-electron chi connectivity index (χ3n) is 4.36. The van der Waals surface area contributed by atoms with Gasteiger partial charge in [-0.1, -0.05) is 35.5 Å². The number of thioether (sulfide) groups is 1. The summed E-state index contributed by atoms with van der Waals surface area (Å²) in [4.78, 5) is 4.56. The van der Waals surface area contributed by atoms with Gasteiger partial charge in [-0.2, -0.15) is 0 Å². The van der Waals surface area contributed by atoms with Gasteiger partial charge in [-0.15, -0.1) is 0 Å². The number of aliphatic imine (C=N–C) groups is 1. The van der Waals surface area contributed by atoms with Crippen LogP contribution in [0.4, 0.5) is 10.1 Å². The number of benzene rings is 2. The van der Waals surface area contributed by atoms with E-state index in [9.17, 15) is 12.8 Å². The molecule has 0 radical (unpaired) electrons. The van der Waals surface area contributed by atoms with Crippen molar-refractivity contribution in [1.29, 1.82) is 0 Å². The number of halogens is 1. The second kappa shape index (κ2) is 6.92. The first-order chi connectivity index (χ1) is 12.2. The van der Waals surface area contributed by atoms with E-state index in [-0.39, 0.29) is 10.6 Å². The van der Waals surface area contributed by atoms with Crippen LogP contribution in [0.1, 0.15) is 24.5 Å². The standard InChI is InChI=1S/C18H20FN3O2S2/c1-12-3-6-14(7-4-12)26(23,24)22-16-11-13(5-8-15(16)19)18(2)9-10-25-17(20)21-18/h3-8,11,22H,9-10H2,1-2H3,(H2,20,21). The SMILES string of the molecule is Cc1ccc(S(=O)(=O)Nc2cc(C3(C)CCSC(N)=N3)ccc2F)cc1. The van der Waals surface area contributed by atoms with E-state index < -0.39 is 21.4 Å². The highest BCUT2D eigenvalue weighted by Crippen LogP contribution is 2.36. The van der Waals surface area contributed by atoms with Crippen molar-refractivity contribution in [1.82, 2.24) is 0 Å². The van der Waals surface area contributed by atoms with E-state index in [1.807, 2.05) is 13.8 Å². The molecule has 2 aromatic carbocycles. The number of nitrogens with two attached hydrogens (primary N) is 1. The molecule has 26 heavy (non-hydrogen) atoms. The van der Waals surface area contributed by atoms with Crippen molar-refractivity contribution in [2.45, 2.75) is 30.7 Å². The predicted octanol–water partition coefficient (Wildman–Crippen LogP) is 3.60. The van der Waals surface area contributed by atoms with Crippen molar-refractivity contribution < 1.29 is 12.8 Å². The minimum Gasteiger partial charge on any atom is -0.379 e. The Hall–Kier alpha value is -2.06. The van der Waals surface area contributed by atoms with Crippen LogP contribution in [0.15, 0.2) is 52.4 Å². The lowest BCUT2D eigenvalue weighted by Gasteiger charge is -2.30. The Bertz CT molecular complexity index is 959. The number of aryl methyl sites for hydroxylation is 1. The van der Waals surface area contributed by atoms with E-state index in [0.29, 0.717) is 10.7 Å². The molecule has 1 aliphatic rings. The van der Waals surface area contributed by atoms with Crippen LogP contribution in [0, 0.1) is 12.7 Å². The number of sulfonamides is 1. The van der Waals surface area contributed by atoms with E-state index in [1.54, 1.807) is 18.2 Å². The molecule has 138 valence electrons. The van der Waals surface area contributed by atoms with Gasteiger partial charge in [0, 0.05) is 5.75 Å². The summed E-state index contributed by atoms with van der Waals surface area (Å²) in [7, 11) is -3.89. The molecule has 2 aromatic rings. The van der Waals surface area contributed by atoms with Gasteiger partial charge in [-0.3, -0.25) is 9.71 Å². The van der Waals surface area contributed by atoms with Gasteiger partial charge in [-0.25, -0.2) is 12.8 Å².